The summed E-state index contributed by atoms with van der Waals surface area (Å²) in [4.78, 5) is 0. The number of aryl methyl sites for hydroxylation is 1. The van der Waals surface area contributed by atoms with Crippen molar-refractivity contribution in [3.8, 4) is 0 Å². The third-order valence-corrected chi connectivity index (χ3v) is 4.83. The maximum atomic E-state index is 11.3. The Labute approximate surface area is 95.0 Å². The molecule has 2 unspecified atom stereocenters. The molecule has 0 amide bonds. The number of aliphatic hydroxyl groups is 1. The Balaban J connectivity index is 1.96. The van der Waals surface area contributed by atoms with Gasteiger partial charge in [-0.3, -0.25) is 4.68 Å². The van der Waals surface area contributed by atoms with Gasteiger partial charge in [-0.25, -0.2) is 8.42 Å². The molecule has 90 valence electrons. The topological polar surface area (TPSA) is 72.2 Å². The largest absolute Gasteiger partial charge is 0.388 e. The van der Waals surface area contributed by atoms with E-state index in [2.05, 4.69) is 5.10 Å². The van der Waals surface area contributed by atoms with E-state index in [-0.39, 0.29) is 17.4 Å². The molecule has 6 heteroatoms. The standard InChI is InChI=1S/C10H16N2O3S/c1-12-6-9(5-11-12)10(13)4-8-2-3-16(14,15)7-8/h5-6,8,10,13H,2-4,7H2,1H3. The van der Waals surface area contributed by atoms with Crippen LogP contribution in [0.4, 0.5) is 0 Å². The van der Waals surface area contributed by atoms with E-state index in [0.29, 0.717) is 12.8 Å². The summed E-state index contributed by atoms with van der Waals surface area (Å²) in [5.41, 5.74) is 0.756. The summed E-state index contributed by atoms with van der Waals surface area (Å²) >= 11 is 0. The lowest BCUT2D eigenvalue weighted by Crippen LogP contribution is -2.09. The molecule has 0 spiro atoms. The maximum Gasteiger partial charge on any atom is 0.150 e. The number of rotatable bonds is 3. The molecule has 1 fully saturated rings. The lowest BCUT2D eigenvalue weighted by molar-refractivity contribution is 0.148. The summed E-state index contributed by atoms with van der Waals surface area (Å²) in [5.74, 6) is 0.557. The van der Waals surface area contributed by atoms with E-state index in [1.165, 1.54) is 0 Å². The van der Waals surface area contributed by atoms with Crippen molar-refractivity contribution in [3.05, 3.63) is 18.0 Å². The summed E-state index contributed by atoms with van der Waals surface area (Å²) in [7, 11) is -1.06. The Bertz CT molecular complexity index is 466. The van der Waals surface area contributed by atoms with Crippen molar-refractivity contribution >= 4 is 9.84 Å². The maximum absolute atomic E-state index is 11.3. The molecule has 0 aliphatic carbocycles. The van der Waals surface area contributed by atoms with Crippen molar-refractivity contribution in [2.75, 3.05) is 11.5 Å². The van der Waals surface area contributed by atoms with E-state index >= 15 is 0 Å². The van der Waals surface area contributed by atoms with Gasteiger partial charge in [-0.15, -0.1) is 0 Å². The van der Waals surface area contributed by atoms with E-state index in [1.807, 2.05) is 0 Å². The van der Waals surface area contributed by atoms with Crippen LogP contribution in [0.1, 0.15) is 24.5 Å². The molecule has 5 nitrogen and oxygen atoms in total. The van der Waals surface area contributed by atoms with Gasteiger partial charge in [-0.1, -0.05) is 0 Å². The minimum Gasteiger partial charge on any atom is -0.388 e. The molecular weight excluding hydrogens is 228 g/mol. The molecule has 2 heterocycles. The fourth-order valence-electron chi connectivity index (χ4n) is 2.12. The van der Waals surface area contributed by atoms with Crippen LogP contribution in [0.5, 0.6) is 0 Å². The highest BCUT2D eigenvalue weighted by atomic mass is 32.2. The first kappa shape index (κ1) is 11.6. The molecule has 1 N–H and O–H groups in total. The van der Waals surface area contributed by atoms with Crippen molar-refractivity contribution in [3.63, 3.8) is 0 Å². The summed E-state index contributed by atoms with van der Waals surface area (Å²) in [5, 5.41) is 13.9. The van der Waals surface area contributed by atoms with Crippen LogP contribution in [0, 0.1) is 5.92 Å². The highest BCUT2D eigenvalue weighted by Crippen LogP contribution is 2.28. The van der Waals surface area contributed by atoms with Gasteiger partial charge in [0.05, 0.1) is 23.8 Å². The third-order valence-electron chi connectivity index (χ3n) is 2.99. The lowest BCUT2D eigenvalue weighted by atomic mass is 9.98. The summed E-state index contributed by atoms with van der Waals surface area (Å²) in [6.07, 6.45) is 3.94. The number of aliphatic hydroxyl groups excluding tert-OH is 1. The Morgan fingerprint density at radius 1 is 1.69 bits per heavy atom. The molecule has 1 saturated heterocycles. The Morgan fingerprint density at radius 3 is 2.94 bits per heavy atom. The van der Waals surface area contributed by atoms with E-state index in [1.54, 1.807) is 24.1 Å². The van der Waals surface area contributed by atoms with E-state index < -0.39 is 15.9 Å². The normalized spacial score (nSPS) is 25.8. The zero-order valence-electron chi connectivity index (χ0n) is 9.20. The highest BCUT2D eigenvalue weighted by molar-refractivity contribution is 7.91. The average molecular weight is 244 g/mol. The molecule has 0 aromatic carbocycles. The van der Waals surface area contributed by atoms with Crippen LogP contribution in [0.15, 0.2) is 12.4 Å². The van der Waals surface area contributed by atoms with E-state index in [0.717, 1.165) is 5.56 Å². The monoisotopic (exact) mass is 244 g/mol. The third kappa shape index (κ3) is 2.62. The predicted molar refractivity (Wildman–Crippen MR) is 59.5 cm³/mol. The second kappa shape index (κ2) is 4.18. The molecule has 16 heavy (non-hydrogen) atoms. The van der Waals surface area contributed by atoms with E-state index in [9.17, 15) is 13.5 Å². The zero-order valence-corrected chi connectivity index (χ0v) is 10.0. The van der Waals surface area contributed by atoms with Crippen molar-refractivity contribution in [2.24, 2.45) is 13.0 Å². The quantitative estimate of drug-likeness (QED) is 0.829. The molecular formula is C10H16N2O3S. The fourth-order valence-corrected chi connectivity index (χ4v) is 4.00. The average Bonchev–Trinajstić information content (AvgIpc) is 2.73. The smallest absolute Gasteiger partial charge is 0.150 e. The molecule has 0 radical (unpaired) electrons. The van der Waals surface area contributed by atoms with Crippen molar-refractivity contribution < 1.29 is 13.5 Å². The molecule has 2 atom stereocenters. The number of sulfone groups is 1. The van der Waals surface area contributed by atoms with Gasteiger partial charge in [0.25, 0.3) is 0 Å². The van der Waals surface area contributed by atoms with E-state index in [4.69, 9.17) is 0 Å². The first-order valence-electron chi connectivity index (χ1n) is 5.33. The molecule has 2 rings (SSSR count). The van der Waals surface area contributed by atoms with Gasteiger partial charge in [-0.2, -0.15) is 5.10 Å². The number of aromatic nitrogens is 2. The SMILES string of the molecule is Cn1cc(C(O)CC2CCS(=O)(=O)C2)cn1. The van der Waals surface area contributed by atoms with Crippen molar-refractivity contribution in [1.29, 1.82) is 0 Å². The van der Waals surface area contributed by atoms with Crippen LogP contribution in [0.3, 0.4) is 0 Å². The Kier molecular flexibility index (Phi) is 3.03. The summed E-state index contributed by atoms with van der Waals surface area (Å²) in [6.45, 7) is 0. The van der Waals surface area contributed by atoms with Crippen LogP contribution in [0.25, 0.3) is 0 Å². The molecule has 0 bridgehead atoms. The van der Waals surface area contributed by atoms with Crippen LogP contribution < -0.4 is 0 Å². The van der Waals surface area contributed by atoms with Gasteiger partial charge in [0.1, 0.15) is 0 Å². The van der Waals surface area contributed by atoms with Crippen LogP contribution in [-0.2, 0) is 16.9 Å². The number of hydrogen-bond donors (Lipinski definition) is 1. The predicted octanol–water partition coefficient (Wildman–Crippen LogP) is 0.278. The minimum absolute atomic E-state index is 0.0835. The number of nitrogens with zero attached hydrogens (tertiary/aromatic N) is 2. The first-order valence-corrected chi connectivity index (χ1v) is 7.15. The molecule has 1 aliphatic rings. The second-order valence-corrected chi connectivity index (χ2v) is 6.70. The van der Waals surface area contributed by atoms with Gasteiger partial charge in [-0.05, 0) is 18.8 Å². The van der Waals surface area contributed by atoms with Gasteiger partial charge in [0, 0.05) is 18.8 Å². The molecule has 1 aromatic heterocycles. The van der Waals surface area contributed by atoms with Crippen LogP contribution in [0.2, 0.25) is 0 Å². The fraction of sp³-hybridized carbons (Fsp3) is 0.700. The van der Waals surface area contributed by atoms with Gasteiger partial charge in [0.15, 0.2) is 9.84 Å². The van der Waals surface area contributed by atoms with Crippen molar-refractivity contribution in [1.82, 2.24) is 9.78 Å². The van der Waals surface area contributed by atoms with Gasteiger partial charge in [0.2, 0.25) is 0 Å². The molecule has 0 saturated carbocycles. The van der Waals surface area contributed by atoms with Crippen LogP contribution in [-0.4, -0.2) is 34.8 Å². The summed E-state index contributed by atoms with van der Waals surface area (Å²) in [6, 6.07) is 0. The Hall–Kier alpha value is -0.880. The number of hydrogen-bond acceptors (Lipinski definition) is 4. The van der Waals surface area contributed by atoms with Crippen LogP contribution >= 0.6 is 0 Å². The Morgan fingerprint density at radius 2 is 2.44 bits per heavy atom. The van der Waals surface area contributed by atoms with Gasteiger partial charge >= 0.3 is 0 Å². The highest BCUT2D eigenvalue weighted by Gasteiger charge is 2.29. The zero-order chi connectivity index (χ0) is 11.8. The molecule has 1 aliphatic heterocycles. The van der Waals surface area contributed by atoms with Gasteiger partial charge < -0.3 is 5.11 Å². The minimum atomic E-state index is -2.85. The van der Waals surface area contributed by atoms with Crippen molar-refractivity contribution in [2.45, 2.75) is 18.9 Å². The first-order chi connectivity index (χ1) is 7.46. The second-order valence-electron chi connectivity index (χ2n) is 4.47. The molecule has 1 aromatic rings. The lowest BCUT2D eigenvalue weighted by Gasteiger charge is -2.12. The summed E-state index contributed by atoms with van der Waals surface area (Å²) < 4.78 is 24.2.